The van der Waals surface area contributed by atoms with E-state index in [4.69, 9.17) is 5.73 Å². The molecule has 0 aliphatic carbocycles. The van der Waals surface area contributed by atoms with E-state index < -0.39 is 0 Å². The van der Waals surface area contributed by atoms with Crippen LogP contribution in [0.3, 0.4) is 0 Å². The number of benzene rings is 1. The number of aromatic nitrogens is 2. The first-order chi connectivity index (χ1) is 8.63. The maximum absolute atomic E-state index is 6.14. The molecule has 1 heterocycles. The third-order valence-corrected chi connectivity index (χ3v) is 3.09. The predicted molar refractivity (Wildman–Crippen MR) is 75.5 cm³/mol. The fraction of sp³-hybridized carbons (Fsp3) is 0.357. The van der Waals surface area contributed by atoms with Crippen molar-refractivity contribution in [1.29, 1.82) is 0 Å². The van der Waals surface area contributed by atoms with E-state index >= 15 is 0 Å². The topological polar surface area (TPSA) is 47.1 Å². The Kier molecular flexibility index (Phi) is 3.55. The van der Waals surface area contributed by atoms with Crippen LogP contribution in [0.5, 0.6) is 0 Å². The van der Waals surface area contributed by atoms with Gasteiger partial charge in [0.25, 0.3) is 0 Å². The molecule has 0 radical (unpaired) electrons. The Hall–Kier alpha value is -1.97. The van der Waals surface area contributed by atoms with Crippen LogP contribution in [-0.4, -0.2) is 16.8 Å². The molecule has 0 fully saturated rings. The molecular formula is C14H20N4. The highest BCUT2D eigenvalue weighted by atomic mass is 15.4. The fourth-order valence-electron chi connectivity index (χ4n) is 2.23. The van der Waals surface area contributed by atoms with Crippen molar-refractivity contribution in [3.8, 4) is 0 Å². The van der Waals surface area contributed by atoms with Crippen molar-refractivity contribution >= 4 is 11.5 Å². The van der Waals surface area contributed by atoms with E-state index in [1.54, 1.807) is 0 Å². The normalized spacial score (nSPS) is 10.6. The molecule has 0 saturated carbocycles. The zero-order valence-electron chi connectivity index (χ0n) is 11.2. The van der Waals surface area contributed by atoms with Gasteiger partial charge in [0.1, 0.15) is 5.82 Å². The Morgan fingerprint density at radius 1 is 1.28 bits per heavy atom. The van der Waals surface area contributed by atoms with Gasteiger partial charge in [0, 0.05) is 20.6 Å². The Morgan fingerprint density at radius 3 is 2.50 bits per heavy atom. The van der Waals surface area contributed by atoms with Gasteiger partial charge in [0.2, 0.25) is 0 Å². The maximum Gasteiger partial charge on any atom is 0.150 e. The molecule has 4 heteroatoms. The molecule has 18 heavy (non-hydrogen) atoms. The summed E-state index contributed by atoms with van der Waals surface area (Å²) in [5.41, 5.74) is 9.16. The molecule has 1 aromatic carbocycles. The van der Waals surface area contributed by atoms with Crippen LogP contribution in [0.4, 0.5) is 11.5 Å². The van der Waals surface area contributed by atoms with Crippen molar-refractivity contribution in [3.05, 3.63) is 41.6 Å². The Bertz CT molecular complexity index is 516. The van der Waals surface area contributed by atoms with Crippen molar-refractivity contribution in [3.63, 3.8) is 0 Å². The zero-order valence-corrected chi connectivity index (χ0v) is 11.2. The number of aryl methyl sites for hydroxylation is 2. The number of nitrogens with zero attached hydrogens (tertiary/aromatic N) is 3. The average Bonchev–Trinajstić information content (AvgIpc) is 2.65. The minimum Gasteiger partial charge on any atom is -0.394 e. The molecule has 2 N–H and O–H groups in total. The summed E-state index contributed by atoms with van der Waals surface area (Å²) in [6.07, 6.45) is 0.860. The van der Waals surface area contributed by atoms with Gasteiger partial charge in [-0.1, -0.05) is 37.3 Å². The molecule has 0 aliphatic heterocycles. The monoisotopic (exact) mass is 244 g/mol. The van der Waals surface area contributed by atoms with E-state index in [1.807, 2.05) is 37.0 Å². The third-order valence-electron chi connectivity index (χ3n) is 3.09. The van der Waals surface area contributed by atoms with Crippen LogP contribution in [-0.2, 0) is 20.0 Å². The van der Waals surface area contributed by atoms with Gasteiger partial charge in [-0.3, -0.25) is 4.68 Å². The van der Waals surface area contributed by atoms with Gasteiger partial charge in [-0.2, -0.15) is 5.10 Å². The molecule has 0 saturated heterocycles. The Balaban J connectivity index is 2.24. The van der Waals surface area contributed by atoms with Gasteiger partial charge in [-0.25, -0.2) is 0 Å². The standard InChI is InChI=1S/C14H20N4/c1-4-12-13(15)14(18(3)16-12)17(2)10-11-8-6-5-7-9-11/h5-9H,4,10,15H2,1-3H3. The summed E-state index contributed by atoms with van der Waals surface area (Å²) < 4.78 is 1.86. The van der Waals surface area contributed by atoms with Crippen LogP contribution in [0, 0.1) is 0 Å². The lowest BCUT2D eigenvalue weighted by Gasteiger charge is -2.20. The van der Waals surface area contributed by atoms with Gasteiger partial charge in [0.05, 0.1) is 11.4 Å². The Labute approximate surface area is 108 Å². The summed E-state index contributed by atoms with van der Waals surface area (Å²) >= 11 is 0. The van der Waals surface area contributed by atoms with Gasteiger partial charge < -0.3 is 10.6 Å². The van der Waals surface area contributed by atoms with E-state index in [2.05, 4.69) is 29.1 Å². The highest BCUT2D eigenvalue weighted by Crippen LogP contribution is 2.26. The summed E-state index contributed by atoms with van der Waals surface area (Å²) in [5.74, 6) is 0.982. The van der Waals surface area contributed by atoms with Crippen molar-refractivity contribution in [2.45, 2.75) is 19.9 Å². The van der Waals surface area contributed by atoms with Crippen molar-refractivity contribution in [1.82, 2.24) is 9.78 Å². The average molecular weight is 244 g/mol. The second kappa shape index (κ2) is 5.12. The molecule has 2 aromatic rings. The molecule has 0 unspecified atom stereocenters. The van der Waals surface area contributed by atoms with Crippen LogP contribution in [0.1, 0.15) is 18.2 Å². The number of nitrogens with two attached hydrogens (primary N) is 1. The summed E-state index contributed by atoms with van der Waals surface area (Å²) in [6, 6.07) is 10.4. The molecule has 0 amide bonds. The summed E-state index contributed by atoms with van der Waals surface area (Å²) in [7, 11) is 3.98. The van der Waals surface area contributed by atoms with E-state index in [0.717, 1.165) is 30.2 Å². The second-order valence-corrected chi connectivity index (χ2v) is 4.50. The first kappa shape index (κ1) is 12.5. The van der Waals surface area contributed by atoms with Crippen molar-refractivity contribution in [2.75, 3.05) is 17.7 Å². The molecule has 2 rings (SSSR count). The van der Waals surface area contributed by atoms with Gasteiger partial charge in [-0.05, 0) is 12.0 Å². The van der Waals surface area contributed by atoms with Crippen LogP contribution < -0.4 is 10.6 Å². The molecule has 0 atom stereocenters. The summed E-state index contributed by atoms with van der Waals surface area (Å²) in [4.78, 5) is 2.14. The SMILES string of the molecule is CCc1nn(C)c(N(C)Cc2ccccc2)c1N. The summed E-state index contributed by atoms with van der Waals surface area (Å²) in [6.45, 7) is 2.90. The zero-order chi connectivity index (χ0) is 13.1. The molecule has 96 valence electrons. The lowest BCUT2D eigenvalue weighted by atomic mass is 10.2. The van der Waals surface area contributed by atoms with Gasteiger partial charge in [0.15, 0.2) is 0 Å². The predicted octanol–water partition coefficient (Wildman–Crippen LogP) is 2.20. The highest BCUT2D eigenvalue weighted by molar-refractivity contribution is 5.66. The minimum atomic E-state index is 0.790. The lowest BCUT2D eigenvalue weighted by Crippen LogP contribution is -2.20. The minimum absolute atomic E-state index is 0.790. The van der Waals surface area contributed by atoms with Crippen molar-refractivity contribution < 1.29 is 0 Å². The van der Waals surface area contributed by atoms with Crippen molar-refractivity contribution in [2.24, 2.45) is 7.05 Å². The largest absolute Gasteiger partial charge is 0.394 e. The first-order valence-corrected chi connectivity index (χ1v) is 6.20. The third kappa shape index (κ3) is 2.32. The molecule has 0 aliphatic rings. The molecule has 4 nitrogen and oxygen atoms in total. The Morgan fingerprint density at radius 2 is 1.94 bits per heavy atom. The highest BCUT2D eigenvalue weighted by Gasteiger charge is 2.15. The van der Waals surface area contributed by atoms with E-state index in [0.29, 0.717) is 0 Å². The van der Waals surface area contributed by atoms with E-state index in [-0.39, 0.29) is 0 Å². The molecular weight excluding hydrogens is 224 g/mol. The van der Waals surface area contributed by atoms with E-state index in [1.165, 1.54) is 5.56 Å². The number of nitrogen functional groups attached to an aromatic ring is 1. The van der Waals surface area contributed by atoms with Crippen LogP contribution in [0.2, 0.25) is 0 Å². The van der Waals surface area contributed by atoms with Crippen LogP contribution in [0.15, 0.2) is 30.3 Å². The van der Waals surface area contributed by atoms with Crippen LogP contribution >= 0.6 is 0 Å². The lowest BCUT2D eigenvalue weighted by molar-refractivity contribution is 0.720. The number of hydrogen-bond donors (Lipinski definition) is 1. The number of hydrogen-bond acceptors (Lipinski definition) is 3. The fourth-order valence-corrected chi connectivity index (χ4v) is 2.23. The maximum atomic E-state index is 6.14. The van der Waals surface area contributed by atoms with Gasteiger partial charge in [-0.15, -0.1) is 0 Å². The number of rotatable bonds is 4. The molecule has 1 aromatic heterocycles. The first-order valence-electron chi connectivity index (χ1n) is 6.20. The van der Waals surface area contributed by atoms with Crippen LogP contribution in [0.25, 0.3) is 0 Å². The number of anilines is 2. The quantitative estimate of drug-likeness (QED) is 0.897. The van der Waals surface area contributed by atoms with Gasteiger partial charge >= 0.3 is 0 Å². The summed E-state index contributed by atoms with van der Waals surface area (Å²) in [5, 5.41) is 4.44. The second-order valence-electron chi connectivity index (χ2n) is 4.50. The van der Waals surface area contributed by atoms with E-state index in [9.17, 15) is 0 Å². The molecule has 0 bridgehead atoms. The molecule has 0 spiro atoms. The smallest absolute Gasteiger partial charge is 0.150 e.